The first-order valence-corrected chi connectivity index (χ1v) is 9.44. The van der Waals surface area contributed by atoms with Gasteiger partial charge in [-0.05, 0) is 44.9 Å². The molecule has 3 N–H and O–H groups in total. The van der Waals surface area contributed by atoms with Crippen molar-refractivity contribution in [1.82, 2.24) is 0 Å². The molecule has 0 bridgehead atoms. The molecule has 4 heteroatoms. The molecule has 4 nitrogen and oxygen atoms in total. The van der Waals surface area contributed by atoms with Crippen LogP contribution in [0.15, 0.2) is 60.8 Å². The van der Waals surface area contributed by atoms with Crippen LogP contribution in [0.5, 0.6) is 0 Å². The van der Waals surface area contributed by atoms with Gasteiger partial charge in [0.1, 0.15) is 0 Å². The molecule has 2 atom stereocenters. The van der Waals surface area contributed by atoms with E-state index >= 15 is 0 Å². The molecule has 0 fully saturated rings. The molecular weight excluding hydrogens is 328 g/mol. The Balaban J connectivity index is 3.80. The number of hydrogen-bond acceptors (Lipinski definition) is 3. The first kappa shape index (κ1) is 24.1. The Hall–Kier alpha value is -1.91. The summed E-state index contributed by atoms with van der Waals surface area (Å²) in [6, 6.07) is 0. The van der Waals surface area contributed by atoms with Gasteiger partial charge in [0.2, 0.25) is 0 Å². The van der Waals surface area contributed by atoms with E-state index in [-0.39, 0.29) is 6.42 Å². The number of unbranched alkanes of at least 4 members (excludes halogenated alkanes) is 2. The molecule has 0 aromatic heterocycles. The zero-order chi connectivity index (χ0) is 19.5. The van der Waals surface area contributed by atoms with E-state index in [1.54, 1.807) is 18.2 Å². The monoisotopic (exact) mass is 362 g/mol. The highest BCUT2D eigenvalue weighted by molar-refractivity contribution is 5.66. The summed E-state index contributed by atoms with van der Waals surface area (Å²) in [7, 11) is 0. The van der Waals surface area contributed by atoms with Crippen LogP contribution in [0, 0.1) is 0 Å². The van der Waals surface area contributed by atoms with Crippen molar-refractivity contribution in [2.24, 2.45) is 0 Å². The molecule has 0 aliphatic heterocycles. The zero-order valence-electron chi connectivity index (χ0n) is 15.8. The highest BCUT2D eigenvalue weighted by Gasteiger charge is 1.97. The van der Waals surface area contributed by atoms with Crippen LogP contribution >= 0.6 is 0 Å². The standard InChI is InChI=1S/C22H34O4/c1-2-3-4-5-6-10-15-20(23)17-12-9-13-18-21(24)16-11-7-8-14-19-22(25)26/h3-4,6,9-13,16-17,20-21,23-24H,2,5,7-8,14-15,18-19H2,1H3,(H,25,26). The number of hydrogen-bond donors (Lipinski definition) is 3. The maximum absolute atomic E-state index is 10.4. The second-order valence-corrected chi connectivity index (χ2v) is 6.07. The van der Waals surface area contributed by atoms with Crippen molar-refractivity contribution in [3.8, 4) is 0 Å². The number of aliphatic hydroxyl groups is 2. The van der Waals surface area contributed by atoms with Crippen LogP contribution in [0.2, 0.25) is 0 Å². The third-order valence-electron chi connectivity index (χ3n) is 3.55. The summed E-state index contributed by atoms with van der Waals surface area (Å²) in [5.41, 5.74) is 0. The van der Waals surface area contributed by atoms with Crippen molar-refractivity contribution in [3.63, 3.8) is 0 Å². The fraction of sp³-hybridized carbons (Fsp3) is 0.500. The summed E-state index contributed by atoms with van der Waals surface area (Å²) >= 11 is 0. The maximum atomic E-state index is 10.4. The lowest BCUT2D eigenvalue weighted by molar-refractivity contribution is -0.137. The number of allylic oxidation sites excluding steroid dienone is 6. The normalized spacial score (nSPS) is 15.2. The summed E-state index contributed by atoms with van der Waals surface area (Å²) in [6.07, 6.45) is 23.5. The van der Waals surface area contributed by atoms with Crippen molar-refractivity contribution in [2.45, 2.75) is 70.5 Å². The molecule has 0 heterocycles. The van der Waals surface area contributed by atoms with Gasteiger partial charge in [0.25, 0.3) is 0 Å². The summed E-state index contributed by atoms with van der Waals surface area (Å²) < 4.78 is 0. The number of aliphatic carboxylic acids is 1. The third-order valence-corrected chi connectivity index (χ3v) is 3.55. The second kappa shape index (κ2) is 17.9. The van der Waals surface area contributed by atoms with Crippen LogP contribution in [0.25, 0.3) is 0 Å². The molecule has 146 valence electrons. The molecule has 26 heavy (non-hydrogen) atoms. The first-order valence-electron chi connectivity index (χ1n) is 9.44. The van der Waals surface area contributed by atoms with Crippen molar-refractivity contribution < 1.29 is 20.1 Å². The lowest BCUT2D eigenvalue weighted by atomic mass is 10.1. The van der Waals surface area contributed by atoms with Crippen LogP contribution < -0.4 is 0 Å². The van der Waals surface area contributed by atoms with Gasteiger partial charge in [-0.2, -0.15) is 0 Å². The molecule has 0 saturated carbocycles. The number of rotatable bonds is 15. The molecule has 0 rings (SSSR count). The molecule has 0 amide bonds. The Kier molecular flexibility index (Phi) is 16.6. The lowest BCUT2D eigenvalue weighted by Crippen LogP contribution is -1.99. The van der Waals surface area contributed by atoms with Crippen molar-refractivity contribution in [3.05, 3.63) is 60.8 Å². The van der Waals surface area contributed by atoms with E-state index in [2.05, 4.69) is 19.1 Å². The van der Waals surface area contributed by atoms with E-state index in [0.717, 1.165) is 25.7 Å². The zero-order valence-corrected chi connectivity index (χ0v) is 15.8. The van der Waals surface area contributed by atoms with Crippen molar-refractivity contribution >= 4 is 5.97 Å². The van der Waals surface area contributed by atoms with E-state index in [1.165, 1.54) is 0 Å². The molecule has 0 aliphatic carbocycles. The van der Waals surface area contributed by atoms with E-state index in [0.29, 0.717) is 19.3 Å². The maximum Gasteiger partial charge on any atom is 0.303 e. The van der Waals surface area contributed by atoms with Gasteiger partial charge in [-0.1, -0.05) is 67.7 Å². The quantitative estimate of drug-likeness (QED) is 0.224. The first-order chi connectivity index (χ1) is 12.6. The van der Waals surface area contributed by atoms with Gasteiger partial charge in [-0.15, -0.1) is 0 Å². The van der Waals surface area contributed by atoms with Gasteiger partial charge in [0, 0.05) is 6.42 Å². The Morgan fingerprint density at radius 1 is 0.846 bits per heavy atom. The van der Waals surface area contributed by atoms with Gasteiger partial charge in [-0.25, -0.2) is 0 Å². The SMILES string of the molecule is CCC=CCC=CCC(O)C=CC=CCC(O)C=CCCCCC(=O)O. The van der Waals surface area contributed by atoms with Crippen LogP contribution in [0.1, 0.15) is 58.3 Å². The molecule has 0 saturated heterocycles. The Morgan fingerprint density at radius 3 is 2.27 bits per heavy atom. The molecule has 0 spiro atoms. The average Bonchev–Trinajstić information content (AvgIpc) is 2.60. The minimum Gasteiger partial charge on any atom is -0.481 e. The number of carboxylic acids is 1. The topological polar surface area (TPSA) is 77.8 Å². The Bertz CT molecular complexity index is 486. The summed E-state index contributed by atoms with van der Waals surface area (Å²) in [5.74, 6) is -0.766. The second-order valence-electron chi connectivity index (χ2n) is 6.07. The average molecular weight is 363 g/mol. The van der Waals surface area contributed by atoms with Gasteiger partial charge < -0.3 is 15.3 Å². The van der Waals surface area contributed by atoms with Crippen molar-refractivity contribution in [2.75, 3.05) is 0 Å². The van der Waals surface area contributed by atoms with Crippen LogP contribution in [-0.2, 0) is 4.79 Å². The smallest absolute Gasteiger partial charge is 0.303 e. The number of aliphatic hydroxyl groups excluding tert-OH is 2. The third kappa shape index (κ3) is 18.4. The van der Waals surface area contributed by atoms with Gasteiger partial charge >= 0.3 is 5.97 Å². The summed E-state index contributed by atoms with van der Waals surface area (Å²) in [4.78, 5) is 10.4. The van der Waals surface area contributed by atoms with E-state index in [4.69, 9.17) is 5.11 Å². The summed E-state index contributed by atoms with van der Waals surface area (Å²) in [6.45, 7) is 2.10. The molecule has 0 aromatic rings. The minimum absolute atomic E-state index is 0.197. The van der Waals surface area contributed by atoms with Crippen LogP contribution in [-0.4, -0.2) is 33.5 Å². The fourth-order valence-electron chi connectivity index (χ4n) is 2.11. The van der Waals surface area contributed by atoms with Crippen molar-refractivity contribution in [1.29, 1.82) is 0 Å². The van der Waals surface area contributed by atoms with E-state index in [9.17, 15) is 15.0 Å². The Morgan fingerprint density at radius 2 is 1.54 bits per heavy atom. The van der Waals surface area contributed by atoms with Crippen LogP contribution in [0.3, 0.4) is 0 Å². The van der Waals surface area contributed by atoms with Gasteiger partial charge in [0.15, 0.2) is 0 Å². The fourth-order valence-corrected chi connectivity index (χ4v) is 2.11. The minimum atomic E-state index is -0.766. The number of carbonyl (C=O) groups is 1. The largest absolute Gasteiger partial charge is 0.481 e. The molecule has 0 radical (unpaired) electrons. The summed E-state index contributed by atoms with van der Waals surface area (Å²) in [5, 5.41) is 28.1. The predicted octanol–water partition coefficient (Wildman–Crippen LogP) is 4.71. The predicted molar refractivity (Wildman–Crippen MR) is 108 cm³/mol. The van der Waals surface area contributed by atoms with Gasteiger partial charge in [-0.3, -0.25) is 4.79 Å². The molecule has 0 aliphatic rings. The Labute approximate surface area is 157 Å². The highest BCUT2D eigenvalue weighted by atomic mass is 16.4. The number of carboxylic acid groups (broad SMARTS) is 1. The highest BCUT2D eigenvalue weighted by Crippen LogP contribution is 2.03. The van der Waals surface area contributed by atoms with Gasteiger partial charge in [0.05, 0.1) is 12.2 Å². The van der Waals surface area contributed by atoms with Crippen LogP contribution in [0.4, 0.5) is 0 Å². The molecular formula is C22H34O4. The van der Waals surface area contributed by atoms with E-state index < -0.39 is 18.2 Å². The lowest BCUT2D eigenvalue weighted by Gasteiger charge is -2.01. The molecule has 2 unspecified atom stereocenters. The molecule has 0 aromatic carbocycles. The van der Waals surface area contributed by atoms with E-state index in [1.807, 2.05) is 30.4 Å².